The molecule has 1 unspecified atom stereocenters. The topological polar surface area (TPSA) is 94.0 Å². The molecule has 0 spiro atoms. The van der Waals surface area contributed by atoms with Crippen molar-refractivity contribution < 1.29 is 0 Å². The predicted octanol–water partition coefficient (Wildman–Crippen LogP) is 5.14. The average Bonchev–Trinajstić information content (AvgIpc) is 3.35. The number of benzene rings is 2. The van der Waals surface area contributed by atoms with Gasteiger partial charge in [0.05, 0.1) is 21.3 Å². The average molecular weight is 490 g/mol. The third kappa shape index (κ3) is 4.59. The molecule has 0 radical (unpaired) electrons. The summed E-state index contributed by atoms with van der Waals surface area (Å²) < 4.78 is 1.82. The van der Waals surface area contributed by atoms with Crippen LogP contribution in [0.2, 0.25) is 10.0 Å². The van der Waals surface area contributed by atoms with E-state index >= 15 is 0 Å². The van der Waals surface area contributed by atoms with Gasteiger partial charge in [-0.05, 0) is 41.8 Å². The van der Waals surface area contributed by atoms with Crippen LogP contribution in [-0.2, 0) is 6.42 Å². The standard InChI is InChI=1S/C25H21Cl2N7/c26-20-7-6-18(13-21(20)27)22-23(17-8-10-29-11-9-17)32-25(34-15-31-33-24(22)34)30-14-19(28)12-16-4-2-1-3-5-16/h1-11,13,15,19H,12,14,28H2,(H,30,32). The molecule has 5 rings (SSSR count). The monoisotopic (exact) mass is 489 g/mol. The Balaban J connectivity index is 1.56. The van der Waals surface area contributed by atoms with Gasteiger partial charge in [0.2, 0.25) is 5.95 Å². The smallest absolute Gasteiger partial charge is 0.210 e. The van der Waals surface area contributed by atoms with Crippen LogP contribution in [0.15, 0.2) is 79.4 Å². The first-order valence-corrected chi connectivity index (χ1v) is 11.5. The molecule has 0 fully saturated rings. The first-order chi connectivity index (χ1) is 16.6. The van der Waals surface area contributed by atoms with Gasteiger partial charge in [0.15, 0.2) is 5.65 Å². The highest BCUT2D eigenvalue weighted by Gasteiger charge is 2.20. The Morgan fingerprint density at radius 2 is 1.74 bits per heavy atom. The van der Waals surface area contributed by atoms with E-state index in [4.69, 9.17) is 33.9 Å². The molecule has 0 saturated carbocycles. The van der Waals surface area contributed by atoms with Crippen LogP contribution in [0.4, 0.5) is 5.95 Å². The number of fused-ring (bicyclic) bond motifs is 1. The van der Waals surface area contributed by atoms with Gasteiger partial charge >= 0.3 is 0 Å². The Hall–Kier alpha value is -3.52. The largest absolute Gasteiger partial charge is 0.354 e. The van der Waals surface area contributed by atoms with Crippen molar-refractivity contribution in [3.8, 4) is 22.4 Å². The molecule has 5 aromatic rings. The minimum Gasteiger partial charge on any atom is -0.354 e. The van der Waals surface area contributed by atoms with E-state index in [1.807, 2.05) is 46.9 Å². The molecule has 9 heteroatoms. The van der Waals surface area contributed by atoms with Gasteiger partial charge in [-0.2, -0.15) is 0 Å². The Labute approximate surface area is 206 Å². The summed E-state index contributed by atoms with van der Waals surface area (Å²) in [5.74, 6) is 0.596. The third-order valence-corrected chi connectivity index (χ3v) is 6.22. The van der Waals surface area contributed by atoms with Crippen LogP contribution in [0, 0.1) is 0 Å². The van der Waals surface area contributed by atoms with Crippen LogP contribution >= 0.6 is 23.2 Å². The van der Waals surface area contributed by atoms with Gasteiger partial charge < -0.3 is 11.1 Å². The summed E-state index contributed by atoms with van der Waals surface area (Å²) in [5.41, 5.74) is 11.5. The molecule has 3 aromatic heterocycles. The van der Waals surface area contributed by atoms with Crippen molar-refractivity contribution in [1.29, 1.82) is 0 Å². The second-order valence-electron chi connectivity index (χ2n) is 7.88. The fourth-order valence-corrected chi connectivity index (χ4v) is 4.15. The van der Waals surface area contributed by atoms with Gasteiger partial charge in [-0.25, -0.2) is 4.98 Å². The van der Waals surface area contributed by atoms with Crippen LogP contribution in [0.25, 0.3) is 28.0 Å². The van der Waals surface area contributed by atoms with E-state index in [9.17, 15) is 0 Å². The lowest BCUT2D eigenvalue weighted by molar-refractivity contribution is 0.695. The first kappa shape index (κ1) is 22.3. The lowest BCUT2D eigenvalue weighted by Crippen LogP contribution is -2.32. The number of hydrogen-bond acceptors (Lipinski definition) is 6. The molecule has 1 atom stereocenters. The molecule has 7 nitrogen and oxygen atoms in total. The third-order valence-electron chi connectivity index (χ3n) is 5.48. The van der Waals surface area contributed by atoms with Crippen molar-refractivity contribution in [2.75, 3.05) is 11.9 Å². The molecular weight excluding hydrogens is 469 g/mol. The molecule has 0 aliphatic carbocycles. The summed E-state index contributed by atoms with van der Waals surface area (Å²) in [4.78, 5) is 9.10. The highest BCUT2D eigenvalue weighted by atomic mass is 35.5. The van der Waals surface area contributed by atoms with Crippen molar-refractivity contribution in [2.24, 2.45) is 5.73 Å². The van der Waals surface area contributed by atoms with Gasteiger partial charge in [0.25, 0.3) is 0 Å². The number of pyridine rings is 1. The van der Waals surface area contributed by atoms with Crippen molar-refractivity contribution in [2.45, 2.75) is 12.5 Å². The number of rotatable bonds is 7. The molecule has 0 saturated heterocycles. The Bertz CT molecular complexity index is 1420. The summed E-state index contributed by atoms with van der Waals surface area (Å²) in [6, 6.07) is 19.3. The van der Waals surface area contributed by atoms with Gasteiger partial charge in [-0.3, -0.25) is 9.38 Å². The second-order valence-corrected chi connectivity index (χ2v) is 8.69. The number of nitrogens with zero attached hydrogens (tertiary/aromatic N) is 5. The molecule has 0 amide bonds. The SMILES string of the molecule is NC(CNc1nc(-c2ccncc2)c(-c2ccc(Cl)c(Cl)c2)c2nncn12)Cc1ccccc1. The van der Waals surface area contributed by atoms with Crippen molar-refractivity contribution >= 4 is 34.8 Å². The predicted molar refractivity (Wildman–Crippen MR) is 136 cm³/mol. The number of aromatic nitrogens is 5. The van der Waals surface area contributed by atoms with E-state index in [-0.39, 0.29) is 6.04 Å². The molecule has 0 aliphatic rings. The number of nitrogens with one attached hydrogen (secondary N) is 1. The molecular formula is C25H21Cl2N7. The van der Waals surface area contributed by atoms with E-state index in [1.165, 1.54) is 5.56 Å². The lowest BCUT2D eigenvalue weighted by atomic mass is 10.0. The Morgan fingerprint density at radius 3 is 2.50 bits per heavy atom. The minimum absolute atomic E-state index is 0.102. The number of halogens is 2. The van der Waals surface area contributed by atoms with Crippen LogP contribution in [0.3, 0.4) is 0 Å². The summed E-state index contributed by atoms with van der Waals surface area (Å²) in [6.45, 7) is 0.525. The van der Waals surface area contributed by atoms with Crippen LogP contribution in [-0.4, -0.2) is 37.2 Å². The summed E-state index contributed by atoms with van der Waals surface area (Å²) in [7, 11) is 0. The van der Waals surface area contributed by atoms with Crippen LogP contribution < -0.4 is 11.1 Å². The minimum atomic E-state index is -0.102. The van der Waals surface area contributed by atoms with E-state index < -0.39 is 0 Å². The van der Waals surface area contributed by atoms with Crippen molar-refractivity contribution in [3.63, 3.8) is 0 Å². The number of nitrogens with two attached hydrogens (primary N) is 1. The molecule has 170 valence electrons. The zero-order valence-corrected chi connectivity index (χ0v) is 19.6. The van der Waals surface area contributed by atoms with Gasteiger partial charge in [0.1, 0.15) is 6.33 Å². The molecule has 0 aliphatic heterocycles. The summed E-state index contributed by atoms with van der Waals surface area (Å²) in [6.07, 6.45) is 5.83. The van der Waals surface area contributed by atoms with Crippen LogP contribution in [0.1, 0.15) is 5.56 Å². The van der Waals surface area contributed by atoms with Crippen molar-refractivity contribution in [1.82, 2.24) is 24.6 Å². The number of anilines is 1. The zero-order valence-electron chi connectivity index (χ0n) is 18.1. The first-order valence-electron chi connectivity index (χ1n) is 10.7. The Kier molecular flexibility index (Phi) is 6.40. The fraction of sp³-hybridized carbons (Fsp3) is 0.120. The molecule has 2 aromatic carbocycles. The molecule has 3 N–H and O–H groups in total. The Morgan fingerprint density at radius 1 is 0.941 bits per heavy atom. The highest BCUT2D eigenvalue weighted by Crippen LogP contribution is 2.37. The van der Waals surface area contributed by atoms with E-state index in [1.54, 1.807) is 24.8 Å². The molecule has 34 heavy (non-hydrogen) atoms. The zero-order chi connectivity index (χ0) is 23.5. The lowest BCUT2D eigenvalue weighted by Gasteiger charge is -2.17. The van der Waals surface area contributed by atoms with Gasteiger partial charge in [-0.15, -0.1) is 10.2 Å². The van der Waals surface area contributed by atoms with E-state index in [2.05, 4.69) is 32.6 Å². The van der Waals surface area contributed by atoms with E-state index in [0.29, 0.717) is 28.2 Å². The maximum absolute atomic E-state index is 6.41. The quantitative estimate of drug-likeness (QED) is 0.328. The highest BCUT2D eigenvalue weighted by molar-refractivity contribution is 6.42. The second kappa shape index (κ2) is 9.77. The normalized spacial score (nSPS) is 12.1. The fourth-order valence-electron chi connectivity index (χ4n) is 3.85. The van der Waals surface area contributed by atoms with Gasteiger partial charge in [0, 0.05) is 30.5 Å². The summed E-state index contributed by atoms with van der Waals surface area (Å²) >= 11 is 12.5. The number of hydrogen-bond donors (Lipinski definition) is 2. The van der Waals surface area contributed by atoms with Crippen molar-refractivity contribution in [3.05, 3.63) is 95.0 Å². The maximum atomic E-state index is 6.41. The van der Waals surface area contributed by atoms with E-state index in [0.717, 1.165) is 28.8 Å². The molecule has 0 bridgehead atoms. The van der Waals surface area contributed by atoms with Crippen LogP contribution in [0.5, 0.6) is 0 Å². The molecule has 3 heterocycles. The van der Waals surface area contributed by atoms with Gasteiger partial charge in [-0.1, -0.05) is 59.6 Å². The summed E-state index contributed by atoms with van der Waals surface area (Å²) in [5, 5.41) is 12.9. The maximum Gasteiger partial charge on any atom is 0.210 e.